The molecule has 1 amide bonds. The second kappa shape index (κ2) is 9.53. The Bertz CT molecular complexity index is 762. The van der Waals surface area contributed by atoms with Gasteiger partial charge in [-0.2, -0.15) is 0 Å². The van der Waals surface area contributed by atoms with E-state index in [9.17, 15) is 9.59 Å². The molecule has 0 fully saturated rings. The van der Waals surface area contributed by atoms with Crippen LogP contribution in [-0.2, 0) is 14.3 Å². The Morgan fingerprint density at radius 2 is 1.84 bits per heavy atom. The number of carbonyl (C=O) groups excluding carboxylic acids is 2. The van der Waals surface area contributed by atoms with Crippen LogP contribution in [0, 0.1) is 13.8 Å². The van der Waals surface area contributed by atoms with Crippen LogP contribution in [0.1, 0.15) is 11.1 Å². The minimum Gasteiger partial charge on any atom is -0.455 e. The highest BCUT2D eigenvalue weighted by atomic mass is 32.2. The molecule has 2 aromatic rings. The molecule has 0 atom stereocenters. The molecule has 0 radical (unpaired) electrons. The third-order valence-electron chi connectivity index (χ3n) is 3.43. The maximum absolute atomic E-state index is 12.0. The largest absolute Gasteiger partial charge is 0.455 e. The predicted molar refractivity (Wildman–Crippen MR) is 104 cm³/mol. The summed E-state index contributed by atoms with van der Waals surface area (Å²) in [6.45, 7) is 3.73. The number of amides is 1. The molecule has 2 aromatic carbocycles. The highest BCUT2D eigenvalue weighted by molar-refractivity contribution is 8.00. The van der Waals surface area contributed by atoms with Gasteiger partial charge in [-0.3, -0.25) is 9.59 Å². The number of carbonyl (C=O) groups is 2. The summed E-state index contributed by atoms with van der Waals surface area (Å²) in [6.07, 6.45) is 1.94. The lowest BCUT2D eigenvalue weighted by Crippen LogP contribution is -2.21. The fourth-order valence-corrected chi connectivity index (χ4v) is 3.60. The summed E-state index contributed by atoms with van der Waals surface area (Å²) < 4.78 is 5.06. The van der Waals surface area contributed by atoms with Gasteiger partial charge in [0.05, 0.1) is 11.4 Å². The van der Waals surface area contributed by atoms with E-state index in [1.807, 2.05) is 62.6 Å². The van der Waals surface area contributed by atoms with E-state index < -0.39 is 5.97 Å². The van der Waals surface area contributed by atoms with Crippen LogP contribution in [0.2, 0.25) is 0 Å². The lowest BCUT2D eigenvalue weighted by molar-refractivity contribution is -0.144. The van der Waals surface area contributed by atoms with Gasteiger partial charge in [0.25, 0.3) is 5.91 Å². The summed E-state index contributed by atoms with van der Waals surface area (Å²) in [6, 6.07) is 13.6. The summed E-state index contributed by atoms with van der Waals surface area (Å²) in [7, 11) is 0. The van der Waals surface area contributed by atoms with Crippen LogP contribution >= 0.6 is 23.5 Å². The van der Waals surface area contributed by atoms with Gasteiger partial charge in [0.1, 0.15) is 0 Å². The molecule has 0 aliphatic heterocycles. The Labute approximate surface area is 156 Å². The molecule has 0 spiro atoms. The molecule has 0 aliphatic carbocycles. The van der Waals surface area contributed by atoms with Gasteiger partial charge >= 0.3 is 5.97 Å². The van der Waals surface area contributed by atoms with Crippen LogP contribution in [0.5, 0.6) is 0 Å². The van der Waals surface area contributed by atoms with Gasteiger partial charge in [-0.25, -0.2) is 0 Å². The number of hydrogen-bond acceptors (Lipinski definition) is 5. The molecular weight excluding hydrogens is 354 g/mol. The average Bonchev–Trinajstić information content (AvgIpc) is 2.61. The SMILES string of the molecule is CSc1ccccc1NC(=O)COC(=O)CSc1cc(C)ccc1C. The number of hydrogen-bond donors (Lipinski definition) is 1. The second-order valence-corrected chi connectivity index (χ2v) is 7.33. The summed E-state index contributed by atoms with van der Waals surface area (Å²) in [4.78, 5) is 25.8. The van der Waals surface area contributed by atoms with Crippen LogP contribution in [0.15, 0.2) is 52.3 Å². The zero-order valence-corrected chi connectivity index (χ0v) is 16.1. The number of rotatable bonds is 7. The molecule has 1 N–H and O–H groups in total. The maximum Gasteiger partial charge on any atom is 0.316 e. The van der Waals surface area contributed by atoms with Crippen molar-refractivity contribution in [1.82, 2.24) is 0 Å². The summed E-state index contributed by atoms with van der Waals surface area (Å²) >= 11 is 2.97. The highest BCUT2D eigenvalue weighted by Gasteiger charge is 2.11. The average molecular weight is 376 g/mol. The molecule has 4 nitrogen and oxygen atoms in total. The fourth-order valence-electron chi connectivity index (χ4n) is 2.12. The highest BCUT2D eigenvalue weighted by Crippen LogP contribution is 2.25. The van der Waals surface area contributed by atoms with E-state index in [0.29, 0.717) is 0 Å². The zero-order chi connectivity index (χ0) is 18.2. The molecule has 6 heteroatoms. The number of thioether (sulfide) groups is 2. The molecular formula is C19H21NO3S2. The van der Waals surface area contributed by atoms with E-state index in [1.54, 1.807) is 11.8 Å². The quantitative estimate of drug-likeness (QED) is 0.578. The summed E-state index contributed by atoms with van der Waals surface area (Å²) in [5.74, 6) is -0.565. The standard InChI is InChI=1S/C19H21NO3S2/c1-13-8-9-14(2)17(10-13)25-12-19(22)23-11-18(21)20-15-6-4-5-7-16(15)24-3/h4-10H,11-12H2,1-3H3,(H,20,21). The van der Waals surface area contributed by atoms with Gasteiger partial charge in [-0.15, -0.1) is 23.5 Å². The van der Waals surface area contributed by atoms with Crippen molar-refractivity contribution in [1.29, 1.82) is 0 Å². The van der Waals surface area contributed by atoms with Crippen molar-refractivity contribution >= 4 is 41.1 Å². The third-order valence-corrected chi connectivity index (χ3v) is 5.36. The van der Waals surface area contributed by atoms with Gasteiger partial charge < -0.3 is 10.1 Å². The van der Waals surface area contributed by atoms with Crippen molar-refractivity contribution in [2.24, 2.45) is 0 Å². The topological polar surface area (TPSA) is 55.4 Å². The number of anilines is 1. The van der Waals surface area contributed by atoms with E-state index >= 15 is 0 Å². The Morgan fingerprint density at radius 1 is 1.08 bits per heavy atom. The van der Waals surface area contributed by atoms with Crippen molar-refractivity contribution in [3.05, 3.63) is 53.6 Å². The second-order valence-electron chi connectivity index (χ2n) is 5.47. The number of esters is 1. The Kier molecular flexibility index (Phi) is 7.40. The van der Waals surface area contributed by atoms with Gasteiger partial charge in [0.2, 0.25) is 0 Å². The van der Waals surface area contributed by atoms with Crippen molar-refractivity contribution in [3.63, 3.8) is 0 Å². The maximum atomic E-state index is 12.0. The van der Waals surface area contributed by atoms with E-state index in [0.717, 1.165) is 26.6 Å². The molecule has 2 rings (SSSR count). The minimum absolute atomic E-state index is 0.180. The number of ether oxygens (including phenoxy) is 1. The van der Waals surface area contributed by atoms with Crippen LogP contribution in [0.4, 0.5) is 5.69 Å². The summed E-state index contributed by atoms with van der Waals surface area (Å²) in [5.41, 5.74) is 2.99. The molecule has 132 valence electrons. The Hall–Kier alpha value is -1.92. The van der Waals surface area contributed by atoms with Gasteiger partial charge in [0, 0.05) is 9.79 Å². The smallest absolute Gasteiger partial charge is 0.316 e. The van der Waals surface area contributed by atoms with Crippen LogP contribution < -0.4 is 5.32 Å². The van der Waals surface area contributed by atoms with Crippen molar-refractivity contribution in [2.45, 2.75) is 23.6 Å². The third kappa shape index (κ3) is 6.14. The number of nitrogens with one attached hydrogen (secondary N) is 1. The van der Waals surface area contributed by atoms with E-state index in [2.05, 4.69) is 5.32 Å². The van der Waals surface area contributed by atoms with Crippen molar-refractivity contribution in [2.75, 3.05) is 23.9 Å². The normalized spacial score (nSPS) is 10.4. The molecule has 0 aromatic heterocycles. The monoisotopic (exact) mass is 375 g/mol. The lowest BCUT2D eigenvalue weighted by Gasteiger charge is -2.10. The first-order valence-electron chi connectivity index (χ1n) is 7.78. The molecule has 0 unspecified atom stereocenters. The molecule has 0 aliphatic rings. The molecule has 0 bridgehead atoms. The lowest BCUT2D eigenvalue weighted by atomic mass is 10.2. The number of benzene rings is 2. The van der Waals surface area contributed by atoms with Crippen LogP contribution in [0.25, 0.3) is 0 Å². The van der Waals surface area contributed by atoms with Crippen molar-refractivity contribution < 1.29 is 14.3 Å². The van der Waals surface area contributed by atoms with E-state index in [-0.39, 0.29) is 18.3 Å². The van der Waals surface area contributed by atoms with Gasteiger partial charge in [-0.05, 0) is 43.9 Å². The zero-order valence-electron chi connectivity index (χ0n) is 14.5. The van der Waals surface area contributed by atoms with Crippen molar-refractivity contribution in [3.8, 4) is 0 Å². The summed E-state index contributed by atoms with van der Waals surface area (Å²) in [5, 5.41) is 2.76. The van der Waals surface area contributed by atoms with E-state index in [1.165, 1.54) is 11.8 Å². The molecule has 0 heterocycles. The van der Waals surface area contributed by atoms with E-state index in [4.69, 9.17) is 4.74 Å². The minimum atomic E-state index is -0.404. The first-order chi connectivity index (χ1) is 12.0. The predicted octanol–water partition coefficient (Wildman–Crippen LogP) is 4.30. The number of aryl methyl sites for hydroxylation is 2. The van der Waals surface area contributed by atoms with Crippen LogP contribution in [-0.4, -0.2) is 30.5 Å². The molecule has 0 saturated heterocycles. The number of para-hydroxylation sites is 1. The molecule has 25 heavy (non-hydrogen) atoms. The van der Waals surface area contributed by atoms with Gasteiger partial charge in [-0.1, -0.05) is 29.8 Å². The fraction of sp³-hybridized carbons (Fsp3) is 0.263. The Balaban J connectivity index is 1.79. The first kappa shape index (κ1) is 19.4. The van der Waals surface area contributed by atoms with Crippen LogP contribution in [0.3, 0.4) is 0 Å². The Morgan fingerprint density at radius 3 is 2.60 bits per heavy atom. The first-order valence-corrected chi connectivity index (χ1v) is 9.99. The van der Waals surface area contributed by atoms with Gasteiger partial charge in [0.15, 0.2) is 6.61 Å². The molecule has 0 saturated carbocycles.